The summed E-state index contributed by atoms with van der Waals surface area (Å²) < 4.78 is 10.9. The minimum Gasteiger partial charge on any atom is -0.463 e. The van der Waals surface area contributed by atoms with Crippen molar-refractivity contribution in [2.45, 2.75) is 115 Å². The highest BCUT2D eigenvalue weighted by atomic mass is 16.5. The van der Waals surface area contributed by atoms with Gasteiger partial charge in [-0.15, -0.1) is 0 Å². The molecule has 8 atom stereocenters. The molecule has 6 N–H and O–H groups in total. The number of nitrogens with one attached hydrogen (secondary N) is 2. The summed E-state index contributed by atoms with van der Waals surface area (Å²) in [6, 6.07) is -0.423. The second kappa shape index (κ2) is 18.3. The molecule has 2 fully saturated rings. The molecule has 11 nitrogen and oxygen atoms in total. The number of aliphatic hydroxyl groups excluding tert-OH is 4. The van der Waals surface area contributed by atoms with E-state index >= 15 is 0 Å². The number of piperidine rings is 1. The maximum absolute atomic E-state index is 12.2. The molecule has 2 saturated heterocycles. The Kier molecular flexibility index (Phi) is 15.6. The monoisotopic (exact) mass is 582 g/mol. The van der Waals surface area contributed by atoms with Gasteiger partial charge in [0.1, 0.15) is 24.4 Å². The van der Waals surface area contributed by atoms with Crippen LogP contribution in [0.1, 0.15) is 78.6 Å². The number of ether oxygens (including phenoxy) is 2. The van der Waals surface area contributed by atoms with Crippen molar-refractivity contribution in [2.75, 3.05) is 19.8 Å². The second-order valence-electron chi connectivity index (χ2n) is 11.4. The van der Waals surface area contributed by atoms with Crippen LogP contribution < -0.4 is 10.6 Å². The van der Waals surface area contributed by atoms with Crippen LogP contribution in [0.15, 0.2) is 23.8 Å². The lowest BCUT2D eigenvalue weighted by Gasteiger charge is -2.39. The van der Waals surface area contributed by atoms with Crippen LogP contribution in [0.25, 0.3) is 0 Å². The number of rotatable bonds is 16. The number of hydrogen-bond donors (Lipinski definition) is 6. The van der Waals surface area contributed by atoms with Crippen molar-refractivity contribution < 1.29 is 44.3 Å². The molecule has 2 rings (SSSR count). The smallest absolute Gasteiger partial charge is 0.330 e. The first-order chi connectivity index (χ1) is 19.5. The molecule has 0 saturated carbocycles. The fourth-order valence-electron chi connectivity index (χ4n) is 4.86. The first kappa shape index (κ1) is 34.9. The van der Waals surface area contributed by atoms with Gasteiger partial charge in [0, 0.05) is 25.0 Å². The number of aliphatic hydroxyl groups is 4. The fourth-order valence-corrected chi connectivity index (χ4v) is 4.86. The average Bonchev–Trinajstić information content (AvgIpc) is 2.93. The van der Waals surface area contributed by atoms with Gasteiger partial charge in [0.15, 0.2) is 0 Å². The summed E-state index contributed by atoms with van der Waals surface area (Å²) in [5, 5.41) is 46.9. The van der Waals surface area contributed by atoms with E-state index in [4.69, 9.17) is 9.47 Å². The van der Waals surface area contributed by atoms with Gasteiger partial charge in [0.25, 0.3) is 0 Å². The van der Waals surface area contributed by atoms with Crippen LogP contribution in [0.5, 0.6) is 0 Å². The Morgan fingerprint density at radius 3 is 2.54 bits per heavy atom. The molecular formula is C30H50N2O9. The highest BCUT2D eigenvalue weighted by molar-refractivity contribution is 5.88. The number of carbonyl (C=O) groups is 3. The minimum absolute atomic E-state index is 0.0352. The maximum atomic E-state index is 12.2. The van der Waals surface area contributed by atoms with Crippen LogP contribution in [-0.2, 0) is 23.9 Å². The van der Waals surface area contributed by atoms with E-state index in [9.17, 15) is 34.8 Å². The van der Waals surface area contributed by atoms with E-state index in [1.54, 1.807) is 6.92 Å². The number of allylic oxidation sites excluding steroid dienone is 1. The topological polar surface area (TPSA) is 175 Å². The van der Waals surface area contributed by atoms with Crippen molar-refractivity contribution >= 4 is 17.8 Å². The lowest BCUT2D eigenvalue weighted by atomic mass is 9.86. The third-order valence-corrected chi connectivity index (χ3v) is 7.85. The number of unbranched alkanes of at least 4 members (excludes halogenated alkanes) is 4. The van der Waals surface area contributed by atoms with Gasteiger partial charge in [-0.05, 0) is 57.4 Å². The summed E-state index contributed by atoms with van der Waals surface area (Å²) in [5.74, 6) is -1.23. The van der Waals surface area contributed by atoms with Gasteiger partial charge in [-0.2, -0.15) is 0 Å². The molecule has 0 aromatic rings. The Morgan fingerprint density at radius 2 is 1.83 bits per heavy atom. The van der Waals surface area contributed by atoms with E-state index in [1.165, 1.54) is 13.0 Å². The molecule has 0 aromatic heterocycles. The Balaban J connectivity index is 1.61. The van der Waals surface area contributed by atoms with Gasteiger partial charge in [0.2, 0.25) is 11.8 Å². The molecule has 234 valence electrons. The highest BCUT2D eigenvalue weighted by Gasteiger charge is 2.41. The molecule has 0 aliphatic carbocycles. The van der Waals surface area contributed by atoms with Crippen LogP contribution in [-0.4, -0.2) is 94.5 Å². The summed E-state index contributed by atoms with van der Waals surface area (Å²) >= 11 is 0. The maximum Gasteiger partial charge on any atom is 0.330 e. The quantitative estimate of drug-likeness (QED) is 0.0678. The van der Waals surface area contributed by atoms with Crippen LogP contribution in [0, 0.1) is 11.8 Å². The van der Waals surface area contributed by atoms with E-state index in [0.717, 1.165) is 32.1 Å². The van der Waals surface area contributed by atoms with Crippen LogP contribution in [0.2, 0.25) is 0 Å². The summed E-state index contributed by atoms with van der Waals surface area (Å²) in [7, 11) is 0. The molecule has 0 radical (unpaired) electrons. The Labute approximate surface area is 243 Å². The Morgan fingerprint density at radius 1 is 1.12 bits per heavy atom. The molecular weight excluding hydrogens is 532 g/mol. The van der Waals surface area contributed by atoms with Crippen molar-refractivity contribution in [1.29, 1.82) is 0 Å². The average molecular weight is 583 g/mol. The van der Waals surface area contributed by atoms with E-state index in [-0.39, 0.29) is 42.4 Å². The van der Waals surface area contributed by atoms with E-state index < -0.39 is 42.5 Å². The predicted molar refractivity (Wildman–Crippen MR) is 152 cm³/mol. The molecule has 0 aromatic carbocycles. The van der Waals surface area contributed by atoms with Crippen molar-refractivity contribution in [3.63, 3.8) is 0 Å². The Hall–Kier alpha value is -2.31. The van der Waals surface area contributed by atoms with Gasteiger partial charge < -0.3 is 40.5 Å². The minimum atomic E-state index is -1.33. The number of amides is 2. The molecule has 41 heavy (non-hydrogen) atoms. The molecule has 2 amide bonds. The van der Waals surface area contributed by atoms with Crippen molar-refractivity contribution in [3.05, 3.63) is 23.8 Å². The van der Waals surface area contributed by atoms with Gasteiger partial charge in [-0.3, -0.25) is 9.59 Å². The summed E-state index contributed by atoms with van der Waals surface area (Å²) in [5.41, 5.74) is 0.263. The summed E-state index contributed by atoms with van der Waals surface area (Å²) in [6.07, 6.45) is 5.92. The largest absolute Gasteiger partial charge is 0.463 e. The summed E-state index contributed by atoms with van der Waals surface area (Å²) in [4.78, 5) is 35.9. The molecule has 2 aliphatic heterocycles. The van der Waals surface area contributed by atoms with Crippen molar-refractivity contribution in [1.82, 2.24) is 10.6 Å². The van der Waals surface area contributed by atoms with Crippen LogP contribution in [0.3, 0.4) is 0 Å². The molecule has 0 bridgehead atoms. The predicted octanol–water partition coefficient (Wildman–Crippen LogP) is 1.27. The van der Waals surface area contributed by atoms with Crippen LogP contribution in [0.4, 0.5) is 0 Å². The standard InChI is InChI=1S/C30H50N2O9/c1-19(21(3)33)11-9-12-22-18-41-29(28(38)27(22)37)26(36)20(2)17-25(35)40-16-8-6-4-5-7-14-24(34)32-23-13-10-15-31-30(23)39/h9,11,17,19,21-23,26-29,33,36-38H,4-8,10,12-16,18H2,1-3H3,(H,31,39)(H,32,34). The first-order valence-electron chi connectivity index (χ1n) is 14.9. The number of hydrogen-bond acceptors (Lipinski definition) is 9. The highest BCUT2D eigenvalue weighted by Crippen LogP contribution is 2.27. The zero-order valence-electron chi connectivity index (χ0n) is 24.7. The van der Waals surface area contributed by atoms with E-state index in [0.29, 0.717) is 32.2 Å². The zero-order chi connectivity index (χ0) is 30.4. The lowest BCUT2D eigenvalue weighted by Crippen LogP contribution is -2.54. The Bertz CT molecular complexity index is 891. The zero-order valence-corrected chi connectivity index (χ0v) is 24.7. The van der Waals surface area contributed by atoms with E-state index in [1.807, 2.05) is 19.1 Å². The van der Waals surface area contributed by atoms with Gasteiger partial charge in [-0.1, -0.05) is 38.3 Å². The van der Waals surface area contributed by atoms with Crippen LogP contribution >= 0.6 is 0 Å². The van der Waals surface area contributed by atoms with Gasteiger partial charge in [0.05, 0.1) is 25.4 Å². The first-order valence-corrected chi connectivity index (χ1v) is 14.9. The summed E-state index contributed by atoms with van der Waals surface area (Å²) in [6.45, 7) is 6.13. The molecule has 8 unspecified atom stereocenters. The van der Waals surface area contributed by atoms with Crippen molar-refractivity contribution in [3.8, 4) is 0 Å². The second-order valence-corrected chi connectivity index (χ2v) is 11.4. The molecule has 2 heterocycles. The number of esters is 1. The molecule has 11 heteroatoms. The van der Waals surface area contributed by atoms with Crippen molar-refractivity contribution in [2.24, 2.45) is 11.8 Å². The third-order valence-electron chi connectivity index (χ3n) is 7.85. The number of carbonyl (C=O) groups excluding carboxylic acids is 3. The molecule has 2 aliphatic rings. The lowest BCUT2D eigenvalue weighted by molar-refractivity contribution is -0.187. The fraction of sp³-hybridized carbons (Fsp3) is 0.767. The van der Waals surface area contributed by atoms with Gasteiger partial charge >= 0.3 is 5.97 Å². The third kappa shape index (κ3) is 12.2. The normalized spacial score (nSPS) is 27.6. The molecule has 0 spiro atoms. The SMILES string of the molecule is CC(=CC(=O)OCCCCCCCC(=O)NC1CCCNC1=O)C(O)C1OCC(CC=CC(C)C(C)O)C(O)C1O. The van der Waals surface area contributed by atoms with E-state index in [2.05, 4.69) is 10.6 Å². The van der Waals surface area contributed by atoms with Gasteiger partial charge in [-0.25, -0.2) is 4.79 Å².